The van der Waals surface area contributed by atoms with Crippen molar-refractivity contribution in [1.82, 2.24) is 0 Å². The van der Waals surface area contributed by atoms with E-state index in [1.165, 1.54) is 44.2 Å². The van der Waals surface area contributed by atoms with Gasteiger partial charge in [0.15, 0.2) is 0 Å². The molecule has 2 atom stereocenters. The van der Waals surface area contributed by atoms with Crippen molar-refractivity contribution in [1.29, 1.82) is 0 Å². The van der Waals surface area contributed by atoms with Crippen LogP contribution in [-0.4, -0.2) is 25.4 Å². The average molecular weight is 442 g/mol. The molecule has 0 saturated heterocycles. The highest BCUT2D eigenvalue weighted by Gasteiger charge is 2.45. The monoisotopic (exact) mass is 441 g/mol. The number of rotatable bonds is 8. The molecule has 1 aliphatic carbocycles. The van der Waals surface area contributed by atoms with Gasteiger partial charge in [0.25, 0.3) is 0 Å². The van der Waals surface area contributed by atoms with Crippen LogP contribution >= 0.6 is 0 Å². The molecular formula is C27H36FNO3. The van der Waals surface area contributed by atoms with Crippen molar-refractivity contribution in [3.05, 3.63) is 59.4 Å². The van der Waals surface area contributed by atoms with Gasteiger partial charge in [-0.05, 0) is 62.1 Å². The Kier molecular flexibility index (Phi) is 7.37. The SMILES string of the molecule is CNc1ccc2c(c1)C(OCCC1CCCCC1)C(OCc1ccc(F)cc1)C(C)(C)O2. The summed E-state index contributed by atoms with van der Waals surface area (Å²) in [6.07, 6.45) is 7.24. The van der Waals surface area contributed by atoms with Crippen molar-refractivity contribution < 1.29 is 18.6 Å². The van der Waals surface area contributed by atoms with E-state index < -0.39 is 5.60 Å². The molecule has 2 aliphatic rings. The number of nitrogens with one attached hydrogen (secondary N) is 1. The van der Waals surface area contributed by atoms with Crippen LogP contribution in [0.2, 0.25) is 0 Å². The molecule has 4 rings (SSSR count). The molecule has 0 amide bonds. The molecule has 4 nitrogen and oxygen atoms in total. The Labute approximate surface area is 191 Å². The number of benzene rings is 2. The lowest BCUT2D eigenvalue weighted by molar-refractivity contribution is -0.168. The van der Waals surface area contributed by atoms with Crippen LogP contribution in [0.25, 0.3) is 0 Å². The van der Waals surface area contributed by atoms with Crippen LogP contribution in [0.1, 0.15) is 69.6 Å². The first-order chi connectivity index (χ1) is 15.5. The van der Waals surface area contributed by atoms with E-state index in [1.54, 1.807) is 12.1 Å². The number of ether oxygens (including phenoxy) is 3. The van der Waals surface area contributed by atoms with Gasteiger partial charge in [-0.2, -0.15) is 0 Å². The molecule has 1 aliphatic heterocycles. The van der Waals surface area contributed by atoms with E-state index in [-0.39, 0.29) is 18.0 Å². The third-order valence-electron chi connectivity index (χ3n) is 6.83. The van der Waals surface area contributed by atoms with Crippen molar-refractivity contribution >= 4 is 5.69 Å². The highest BCUT2D eigenvalue weighted by molar-refractivity contribution is 5.53. The largest absolute Gasteiger partial charge is 0.485 e. The minimum atomic E-state index is -0.566. The molecule has 1 heterocycles. The number of anilines is 1. The average Bonchev–Trinajstić information content (AvgIpc) is 2.79. The number of fused-ring (bicyclic) bond motifs is 1. The van der Waals surface area contributed by atoms with E-state index in [4.69, 9.17) is 14.2 Å². The first-order valence-corrected chi connectivity index (χ1v) is 11.9. The van der Waals surface area contributed by atoms with Crippen molar-refractivity contribution in [3.8, 4) is 5.75 Å². The Hall–Kier alpha value is -2.11. The summed E-state index contributed by atoms with van der Waals surface area (Å²) in [4.78, 5) is 0. The van der Waals surface area contributed by atoms with Gasteiger partial charge >= 0.3 is 0 Å². The fourth-order valence-electron chi connectivity index (χ4n) is 4.96. The van der Waals surface area contributed by atoms with Crippen LogP contribution in [0.4, 0.5) is 10.1 Å². The molecule has 0 bridgehead atoms. The first kappa shape index (κ1) is 23.1. The molecule has 32 heavy (non-hydrogen) atoms. The normalized spacial score (nSPS) is 22.8. The molecule has 5 heteroatoms. The zero-order valence-corrected chi connectivity index (χ0v) is 19.5. The second kappa shape index (κ2) is 10.2. The smallest absolute Gasteiger partial charge is 0.132 e. The highest BCUT2D eigenvalue weighted by atomic mass is 19.1. The topological polar surface area (TPSA) is 39.7 Å². The van der Waals surface area contributed by atoms with Gasteiger partial charge in [0.2, 0.25) is 0 Å². The maximum absolute atomic E-state index is 13.3. The van der Waals surface area contributed by atoms with Crippen LogP contribution in [-0.2, 0) is 16.1 Å². The van der Waals surface area contributed by atoms with Crippen LogP contribution in [0.5, 0.6) is 5.75 Å². The lowest BCUT2D eigenvalue weighted by atomic mass is 9.86. The van der Waals surface area contributed by atoms with E-state index in [9.17, 15) is 4.39 Å². The fraction of sp³-hybridized carbons (Fsp3) is 0.556. The van der Waals surface area contributed by atoms with E-state index in [1.807, 2.05) is 19.2 Å². The van der Waals surface area contributed by atoms with Crippen molar-refractivity contribution in [2.45, 2.75) is 76.8 Å². The molecule has 1 fully saturated rings. The highest BCUT2D eigenvalue weighted by Crippen LogP contribution is 2.45. The predicted molar refractivity (Wildman–Crippen MR) is 126 cm³/mol. The summed E-state index contributed by atoms with van der Waals surface area (Å²) < 4.78 is 32.7. The van der Waals surface area contributed by atoms with Gasteiger partial charge in [-0.3, -0.25) is 0 Å². The molecule has 2 aromatic rings. The summed E-state index contributed by atoms with van der Waals surface area (Å²) in [6, 6.07) is 12.6. The molecule has 1 N–H and O–H groups in total. The summed E-state index contributed by atoms with van der Waals surface area (Å²) >= 11 is 0. The molecule has 0 radical (unpaired) electrons. The summed E-state index contributed by atoms with van der Waals surface area (Å²) in [6.45, 7) is 5.19. The van der Waals surface area contributed by atoms with Gasteiger partial charge in [0.1, 0.15) is 29.4 Å². The van der Waals surface area contributed by atoms with Crippen molar-refractivity contribution in [3.63, 3.8) is 0 Å². The molecule has 2 unspecified atom stereocenters. The maximum Gasteiger partial charge on any atom is 0.132 e. The Morgan fingerprint density at radius 3 is 2.50 bits per heavy atom. The van der Waals surface area contributed by atoms with Gasteiger partial charge in [0, 0.05) is 24.9 Å². The summed E-state index contributed by atoms with van der Waals surface area (Å²) in [7, 11) is 1.91. The fourth-order valence-corrected chi connectivity index (χ4v) is 4.96. The lowest BCUT2D eigenvalue weighted by Gasteiger charge is -2.44. The molecule has 0 aromatic heterocycles. The summed E-state index contributed by atoms with van der Waals surface area (Å²) in [5.74, 6) is 1.36. The summed E-state index contributed by atoms with van der Waals surface area (Å²) in [5.41, 5.74) is 2.40. The Morgan fingerprint density at radius 2 is 1.78 bits per heavy atom. The Bertz CT molecular complexity index is 877. The quantitative estimate of drug-likeness (QED) is 0.498. The minimum absolute atomic E-state index is 0.230. The van der Waals surface area contributed by atoms with Crippen LogP contribution in [0, 0.1) is 11.7 Å². The van der Waals surface area contributed by atoms with E-state index in [0.29, 0.717) is 13.2 Å². The van der Waals surface area contributed by atoms with Crippen molar-refractivity contribution in [2.75, 3.05) is 19.0 Å². The lowest BCUT2D eigenvalue weighted by Crippen LogP contribution is -2.51. The molecule has 2 aromatic carbocycles. The number of hydrogen-bond donors (Lipinski definition) is 1. The van der Waals surface area contributed by atoms with Gasteiger partial charge in [-0.1, -0.05) is 44.2 Å². The minimum Gasteiger partial charge on any atom is -0.485 e. The zero-order valence-electron chi connectivity index (χ0n) is 19.5. The van der Waals surface area contributed by atoms with Crippen LogP contribution < -0.4 is 10.1 Å². The van der Waals surface area contributed by atoms with E-state index >= 15 is 0 Å². The van der Waals surface area contributed by atoms with E-state index in [0.717, 1.165) is 34.9 Å². The van der Waals surface area contributed by atoms with Gasteiger partial charge in [-0.25, -0.2) is 4.39 Å². The third kappa shape index (κ3) is 5.44. The Morgan fingerprint density at radius 1 is 1.03 bits per heavy atom. The Balaban J connectivity index is 1.54. The second-order valence-corrected chi connectivity index (χ2v) is 9.65. The van der Waals surface area contributed by atoms with Gasteiger partial charge in [0.05, 0.1) is 6.61 Å². The predicted octanol–water partition coefficient (Wildman–Crippen LogP) is 6.65. The van der Waals surface area contributed by atoms with Crippen LogP contribution in [0.3, 0.4) is 0 Å². The molecule has 174 valence electrons. The standard InChI is InChI=1S/C27H36FNO3/c1-27(2)26(31-18-20-9-11-21(28)12-10-20)25(30-16-15-19-7-5-4-6-8-19)23-17-22(29-3)13-14-24(23)32-27/h9-14,17,19,25-26,29H,4-8,15-16,18H2,1-3H3. The molecule has 1 saturated carbocycles. The number of halogens is 1. The number of hydrogen-bond acceptors (Lipinski definition) is 4. The van der Waals surface area contributed by atoms with E-state index in [2.05, 4.69) is 25.2 Å². The molecular weight excluding hydrogens is 405 g/mol. The third-order valence-corrected chi connectivity index (χ3v) is 6.83. The first-order valence-electron chi connectivity index (χ1n) is 11.9. The van der Waals surface area contributed by atoms with Crippen LogP contribution in [0.15, 0.2) is 42.5 Å². The summed E-state index contributed by atoms with van der Waals surface area (Å²) in [5, 5.41) is 3.22. The second-order valence-electron chi connectivity index (χ2n) is 9.65. The van der Waals surface area contributed by atoms with Gasteiger partial charge < -0.3 is 19.5 Å². The van der Waals surface area contributed by atoms with Gasteiger partial charge in [-0.15, -0.1) is 0 Å². The maximum atomic E-state index is 13.3. The van der Waals surface area contributed by atoms with Crippen molar-refractivity contribution in [2.24, 2.45) is 5.92 Å². The zero-order chi connectivity index (χ0) is 22.6. The molecule has 0 spiro atoms.